The molecule has 0 unspecified atom stereocenters. The molecule has 3 N–H and O–H groups in total. The average molecular weight is 315 g/mol. The van der Waals surface area contributed by atoms with Crippen LogP contribution in [0.2, 0.25) is 0 Å². The molecule has 0 aliphatic carbocycles. The number of ether oxygens (including phenoxy) is 1. The largest absolute Gasteiger partial charge is 0.382 e. The third-order valence-electron chi connectivity index (χ3n) is 3.30. The predicted molar refractivity (Wildman–Crippen MR) is 92.2 cm³/mol. The molecule has 0 amide bonds. The Labute approximate surface area is 137 Å². The highest BCUT2D eigenvalue weighted by Gasteiger charge is 1.98. The quantitative estimate of drug-likeness (QED) is 0.420. The van der Waals surface area contributed by atoms with Crippen molar-refractivity contribution in [3.63, 3.8) is 0 Å². The van der Waals surface area contributed by atoms with Crippen molar-refractivity contribution < 1.29 is 4.74 Å². The summed E-state index contributed by atoms with van der Waals surface area (Å²) in [4.78, 5) is 4.37. The zero-order valence-corrected chi connectivity index (χ0v) is 13.6. The Morgan fingerprint density at radius 3 is 3.00 bits per heavy atom. The van der Waals surface area contributed by atoms with Gasteiger partial charge in [0.1, 0.15) is 0 Å². The molecule has 0 radical (unpaired) electrons. The molecule has 0 saturated heterocycles. The molecule has 1 aromatic carbocycles. The van der Waals surface area contributed by atoms with Crippen LogP contribution in [0.25, 0.3) is 0 Å². The SMILES string of the molecule is CCOCCCNC(N)=NCc1cccc(Cn2cccn2)c1. The van der Waals surface area contributed by atoms with E-state index in [0.717, 1.165) is 38.3 Å². The summed E-state index contributed by atoms with van der Waals surface area (Å²) < 4.78 is 7.17. The van der Waals surface area contributed by atoms with Crippen LogP contribution in [0.1, 0.15) is 24.5 Å². The van der Waals surface area contributed by atoms with Crippen molar-refractivity contribution in [3.05, 3.63) is 53.9 Å². The lowest BCUT2D eigenvalue weighted by Crippen LogP contribution is -2.32. The van der Waals surface area contributed by atoms with Gasteiger partial charge in [0, 0.05) is 32.2 Å². The highest BCUT2D eigenvalue weighted by molar-refractivity contribution is 5.77. The fourth-order valence-corrected chi connectivity index (χ4v) is 2.17. The zero-order chi connectivity index (χ0) is 16.3. The van der Waals surface area contributed by atoms with Crippen molar-refractivity contribution in [1.82, 2.24) is 15.1 Å². The molecule has 0 spiro atoms. The van der Waals surface area contributed by atoms with Crippen LogP contribution in [0.5, 0.6) is 0 Å². The summed E-state index contributed by atoms with van der Waals surface area (Å²) in [6.45, 7) is 5.58. The van der Waals surface area contributed by atoms with Gasteiger partial charge in [0.05, 0.1) is 13.1 Å². The molecule has 0 bridgehead atoms. The number of nitrogens with two attached hydrogens (primary N) is 1. The third-order valence-corrected chi connectivity index (χ3v) is 3.30. The molecule has 124 valence electrons. The highest BCUT2D eigenvalue weighted by atomic mass is 16.5. The van der Waals surface area contributed by atoms with E-state index in [1.54, 1.807) is 6.20 Å². The fraction of sp³-hybridized carbons (Fsp3) is 0.412. The van der Waals surface area contributed by atoms with Gasteiger partial charge in [-0.3, -0.25) is 4.68 Å². The van der Waals surface area contributed by atoms with Gasteiger partial charge < -0.3 is 15.8 Å². The summed E-state index contributed by atoms with van der Waals surface area (Å²) in [5, 5.41) is 7.32. The van der Waals surface area contributed by atoms with Crippen LogP contribution in [0.4, 0.5) is 0 Å². The number of hydrogen-bond acceptors (Lipinski definition) is 3. The van der Waals surface area contributed by atoms with Crippen molar-refractivity contribution in [2.75, 3.05) is 19.8 Å². The first-order chi connectivity index (χ1) is 11.3. The van der Waals surface area contributed by atoms with Gasteiger partial charge in [-0.25, -0.2) is 4.99 Å². The van der Waals surface area contributed by atoms with Crippen LogP contribution in [0, 0.1) is 0 Å². The molecule has 6 heteroatoms. The minimum atomic E-state index is 0.471. The maximum atomic E-state index is 5.87. The Hall–Kier alpha value is -2.34. The van der Waals surface area contributed by atoms with Crippen LogP contribution in [0.3, 0.4) is 0 Å². The maximum absolute atomic E-state index is 5.87. The van der Waals surface area contributed by atoms with Gasteiger partial charge in [-0.2, -0.15) is 5.10 Å². The highest BCUT2D eigenvalue weighted by Crippen LogP contribution is 2.08. The third kappa shape index (κ3) is 6.52. The molecule has 1 aromatic heterocycles. The molecule has 0 atom stereocenters. The number of nitrogens with zero attached hydrogens (tertiary/aromatic N) is 3. The Morgan fingerprint density at radius 1 is 1.35 bits per heavy atom. The van der Waals surface area contributed by atoms with Gasteiger partial charge in [0.15, 0.2) is 5.96 Å². The van der Waals surface area contributed by atoms with Crippen LogP contribution in [-0.2, 0) is 17.8 Å². The Morgan fingerprint density at radius 2 is 2.22 bits per heavy atom. The van der Waals surface area contributed by atoms with Crippen LogP contribution < -0.4 is 11.1 Å². The molecule has 0 aliphatic rings. The molecule has 2 aromatic rings. The Balaban J connectivity index is 1.79. The van der Waals surface area contributed by atoms with Gasteiger partial charge in [0.25, 0.3) is 0 Å². The lowest BCUT2D eigenvalue weighted by atomic mass is 10.1. The topological polar surface area (TPSA) is 77.5 Å². The zero-order valence-electron chi connectivity index (χ0n) is 13.6. The summed E-state index contributed by atoms with van der Waals surface area (Å²) >= 11 is 0. The number of hydrogen-bond donors (Lipinski definition) is 2. The first-order valence-corrected chi connectivity index (χ1v) is 7.94. The second kappa shape index (κ2) is 9.63. The summed E-state index contributed by atoms with van der Waals surface area (Å²) in [7, 11) is 0. The summed E-state index contributed by atoms with van der Waals surface area (Å²) in [5.74, 6) is 0.471. The van der Waals surface area contributed by atoms with Crippen molar-refractivity contribution >= 4 is 5.96 Å². The molecule has 1 heterocycles. The monoisotopic (exact) mass is 315 g/mol. The standard InChI is InChI=1S/C17H25N5O/c1-2-23-11-5-8-19-17(18)20-13-15-6-3-7-16(12-15)14-22-10-4-9-21-22/h3-4,6-7,9-10,12H,2,5,8,11,13-14H2,1H3,(H3,18,19,20). The van der Waals surface area contributed by atoms with E-state index in [4.69, 9.17) is 10.5 Å². The molecule has 0 fully saturated rings. The molecular formula is C17H25N5O. The summed E-state index contributed by atoms with van der Waals surface area (Å²) in [6, 6.07) is 10.2. The molecular weight excluding hydrogens is 290 g/mol. The minimum Gasteiger partial charge on any atom is -0.382 e. The van der Waals surface area contributed by atoms with Gasteiger partial charge in [-0.15, -0.1) is 0 Å². The molecule has 2 rings (SSSR count). The second-order valence-electron chi connectivity index (χ2n) is 5.20. The lowest BCUT2D eigenvalue weighted by Gasteiger charge is -2.07. The van der Waals surface area contributed by atoms with E-state index in [-0.39, 0.29) is 0 Å². The van der Waals surface area contributed by atoms with Gasteiger partial charge in [0.2, 0.25) is 0 Å². The van der Waals surface area contributed by atoms with Crippen molar-refractivity contribution in [2.24, 2.45) is 10.7 Å². The predicted octanol–water partition coefficient (Wildman–Crippen LogP) is 1.76. The average Bonchev–Trinajstić information content (AvgIpc) is 3.06. The molecule has 6 nitrogen and oxygen atoms in total. The summed E-state index contributed by atoms with van der Waals surface area (Å²) in [5.41, 5.74) is 8.20. The molecule has 0 aliphatic heterocycles. The Bertz CT molecular complexity index is 595. The minimum absolute atomic E-state index is 0.471. The number of guanidine groups is 1. The van der Waals surface area contributed by atoms with Crippen LogP contribution >= 0.6 is 0 Å². The second-order valence-corrected chi connectivity index (χ2v) is 5.20. The van der Waals surface area contributed by atoms with E-state index in [9.17, 15) is 0 Å². The van der Waals surface area contributed by atoms with Gasteiger partial charge >= 0.3 is 0 Å². The van der Waals surface area contributed by atoms with E-state index in [0.29, 0.717) is 12.5 Å². The lowest BCUT2D eigenvalue weighted by molar-refractivity contribution is 0.145. The fourth-order valence-electron chi connectivity index (χ4n) is 2.17. The van der Waals surface area contributed by atoms with E-state index >= 15 is 0 Å². The van der Waals surface area contributed by atoms with Crippen molar-refractivity contribution in [1.29, 1.82) is 0 Å². The number of nitrogens with one attached hydrogen (secondary N) is 1. The van der Waals surface area contributed by atoms with E-state index in [1.165, 1.54) is 5.56 Å². The van der Waals surface area contributed by atoms with Crippen molar-refractivity contribution in [2.45, 2.75) is 26.4 Å². The van der Waals surface area contributed by atoms with Gasteiger partial charge in [-0.1, -0.05) is 24.3 Å². The maximum Gasteiger partial charge on any atom is 0.188 e. The first kappa shape index (κ1) is 17.0. The normalized spacial score (nSPS) is 11.6. The number of aliphatic imine (C=N–C) groups is 1. The molecule has 23 heavy (non-hydrogen) atoms. The van der Waals surface area contributed by atoms with E-state index in [2.05, 4.69) is 33.6 Å². The number of rotatable bonds is 9. The summed E-state index contributed by atoms with van der Waals surface area (Å²) in [6.07, 6.45) is 4.66. The first-order valence-electron chi connectivity index (χ1n) is 7.94. The van der Waals surface area contributed by atoms with E-state index < -0.39 is 0 Å². The van der Waals surface area contributed by atoms with E-state index in [1.807, 2.05) is 29.9 Å². The van der Waals surface area contributed by atoms with Crippen LogP contribution in [0.15, 0.2) is 47.7 Å². The molecule has 0 saturated carbocycles. The smallest absolute Gasteiger partial charge is 0.188 e. The Kier molecular flexibility index (Phi) is 7.13. The number of aromatic nitrogens is 2. The van der Waals surface area contributed by atoms with Crippen LogP contribution in [-0.4, -0.2) is 35.5 Å². The number of benzene rings is 1. The van der Waals surface area contributed by atoms with Crippen molar-refractivity contribution in [3.8, 4) is 0 Å². The van der Waals surface area contributed by atoms with Gasteiger partial charge in [-0.05, 0) is 30.5 Å².